The zero-order valence-electron chi connectivity index (χ0n) is 10.2. The lowest BCUT2D eigenvalue weighted by Crippen LogP contribution is -2.30. The summed E-state index contributed by atoms with van der Waals surface area (Å²) in [6, 6.07) is 0.296. The van der Waals surface area contributed by atoms with E-state index in [-0.39, 0.29) is 11.6 Å². The Kier molecular flexibility index (Phi) is 3.56. The second-order valence-electron chi connectivity index (χ2n) is 4.35. The summed E-state index contributed by atoms with van der Waals surface area (Å²) in [5, 5.41) is 11.0. The Morgan fingerprint density at radius 3 is 2.78 bits per heavy atom. The molecule has 0 bridgehead atoms. The third-order valence-corrected chi connectivity index (χ3v) is 3.28. The van der Waals surface area contributed by atoms with Crippen molar-refractivity contribution < 1.29 is 4.92 Å². The predicted molar refractivity (Wildman–Crippen MR) is 67.2 cm³/mol. The van der Waals surface area contributed by atoms with Crippen molar-refractivity contribution in [3.8, 4) is 0 Å². The van der Waals surface area contributed by atoms with Gasteiger partial charge in [-0.3, -0.25) is 15.5 Å². The number of nitrogens with two attached hydrogens (primary N) is 1. The van der Waals surface area contributed by atoms with Crippen LogP contribution in [0, 0.1) is 10.1 Å². The highest BCUT2D eigenvalue weighted by Gasteiger charge is 2.27. The van der Waals surface area contributed by atoms with Crippen LogP contribution in [-0.2, 0) is 0 Å². The molecule has 18 heavy (non-hydrogen) atoms. The molecule has 1 aliphatic rings. The molecule has 1 aromatic rings. The molecule has 0 radical (unpaired) electrons. The van der Waals surface area contributed by atoms with Crippen molar-refractivity contribution in [1.29, 1.82) is 0 Å². The van der Waals surface area contributed by atoms with E-state index in [0.29, 0.717) is 11.9 Å². The van der Waals surface area contributed by atoms with Crippen LogP contribution in [0.25, 0.3) is 0 Å². The summed E-state index contributed by atoms with van der Waals surface area (Å²) in [5.41, 5.74) is 2.21. The van der Waals surface area contributed by atoms with Gasteiger partial charge >= 0.3 is 5.69 Å². The highest BCUT2D eigenvalue weighted by Crippen LogP contribution is 2.31. The minimum Gasteiger partial charge on any atom is -0.351 e. The monoisotopic (exact) mass is 252 g/mol. The van der Waals surface area contributed by atoms with Crippen molar-refractivity contribution in [2.75, 3.05) is 17.4 Å². The molecule has 3 N–H and O–H groups in total. The van der Waals surface area contributed by atoms with Gasteiger partial charge in [0.25, 0.3) is 0 Å². The Balaban J connectivity index is 2.35. The van der Waals surface area contributed by atoms with Gasteiger partial charge in [-0.05, 0) is 12.8 Å². The fourth-order valence-electron chi connectivity index (χ4n) is 2.29. The van der Waals surface area contributed by atoms with Gasteiger partial charge in [0, 0.05) is 13.1 Å². The van der Waals surface area contributed by atoms with E-state index in [1.165, 1.54) is 6.20 Å². The van der Waals surface area contributed by atoms with Crippen LogP contribution in [0.1, 0.15) is 25.7 Å². The number of nitrogen functional groups attached to an aromatic ring is 1. The number of anilines is 2. The van der Waals surface area contributed by atoms with Crippen LogP contribution < -0.4 is 16.2 Å². The normalized spacial score (nSPS) is 15.7. The van der Waals surface area contributed by atoms with E-state index in [1.807, 2.05) is 11.9 Å². The lowest BCUT2D eigenvalue weighted by Gasteiger charge is -2.24. The summed E-state index contributed by atoms with van der Waals surface area (Å²) in [5.74, 6) is 5.73. The number of nitrogens with one attached hydrogen (secondary N) is 1. The van der Waals surface area contributed by atoms with Crippen molar-refractivity contribution in [3.63, 3.8) is 0 Å². The molecule has 0 atom stereocenters. The van der Waals surface area contributed by atoms with Crippen LogP contribution in [0.4, 0.5) is 17.5 Å². The quantitative estimate of drug-likeness (QED) is 0.468. The number of aromatic nitrogens is 2. The molecule has 1 aliphatic carbocycles. The summed E-state index contributed by atoms with van der Waals surface area (Å²) in [6.07, 6.45) is 5.54. The largest absolute Gasteiger partial charge is 0.351 e. The van der Waals surface area contributed by atoms with Crippen LogP contribution >= 0.6 is 0 Å². The van der Waals surface area contributed by atoms with Crippen LogP contribution in [0.5, 0.6) is 0 Å². The number of hydrogen-bond acceptors (Lipinski definition) is 7. The van der Waals surface area contributed by atoms with Crippen molar-refractivity contribution in [2.24, 2.45) is 5.84 Å². The molecule has 0 aliphatic heterocycles. The lowest BCUT2D eigenvalue weighted by molar-refractivity contribution is -0.384. The minimum absolute atomic E-state index is 0.0941. The van der Waals surface area contributed by atoms with Gasteiger partial charge in [0.05, 0.1) is 4.92 Å². The Hall–Kier alpha value is -1.96. The zero-order valence-corrected chi connectivity index (χ0v) is 10.2. The maximum absolute atomic E-state index is 11.0. The Morgan fingerprint density at radius 1 is 1.56 bits per heavy atom. The Morgan fingerprint density at radius 2 is 2.22 bits per heavy atom. The van der Waals surface area contributed by atoms with Gasteiger partial charge in [-0.1, -0.05) is 12.8 Å². The average molecular weight is 252 g/mol. The van der Waals surface area contributed by atoms with Gasteiger partial charge in [-0.2, -0.15) is 4.98 Å². The lowest BCUT2D eigenvalue weighted by atomic mass is 10.2. The Bertz CT molecular complexity index is 446. The third-order valence-electron chi connectivity index (χ3n) is 3.28. The van der Waals surface area contributed by atoms with Gasteiger partial charge < -0.3 is 4.90 Å². The van der Waals surface area contributed by atoms with E-state index < -0.39 is 4.92 Å². The van der Waals surface area contributed by atoms with Crippen molar-refractivity contribution >= 4 is 17.5 Å². The van der Waals surface area contributed by atoms with Crippen molar-refractivity contribution in [3.05, 3.63) is 16.3 Å². The molecule has 0 amide bonds. The molecular weight excluding hydrogens is 236 g/mol. The van der Waals surface area contributed by atoms with E-state index >= 15 is 0 Å². The third kappa shape index (κ3) is 2.33. The molecule has 0 spiro atoms. The van der Waals surface area contributed by atoms with E-state index in [0.717, 1.165) is 25.7 Å². The summed E-state index contributed by atoms with van der Waals surface area (Å²) < 4.78 is 0. The topological polar surface area (TPSA) is 110 Å². The maximum atomic E-state index is 11.0. The maximum Gasteiger partial charge on any atom is 0.329 e. The Labute approximate surface area is 104 Å². The molecule has 1 fully saturated rings. The fraction of sp³-hybridized carbons (Fsp3) is 0.600. The van der Waals surface area contributed by atoms with Gasteiger partial charge in [0.2, 0.25) is 11.8 Å². The number of hydrazine groups is 1. The van der Waals surface area contributed by atoms with Crippen molar-refractivity contribution in [1.82, 2.24) is 9.97 Å². The first-order valence-corrected chi connectivity index (χ1v) is 5.84. The van der Waals surface area contributed by atoms with Crippen molar-refractivity contribution in [2.45, 2.75) is 31.7 Å². The summed E-state index contributed by atoms with van der Waals surface area (Å²) in [7, 11) is 1.83. The summed E-state index contributed by atoms with van der Waals surface area (Å²) in [4.78, 5) is 20.2. The van der Waals surface area contributed by atoms with E-state index in [4.69, 9.17) is 5.84 Å². The van der Waals surface area contributed by atoms with Gasteiger partial charge in [-0.15, -0.1) is 0 Å². The second kappa shape index (κ2) is 5.13. The average Bonchev–Trinajstić information content (AvgIpc) is 2.90. The first-order valence-electron chi connectivity index (χ1n) is 5.84. The number of rotatable bonds is 4. The van der Waals surface area contributed by atoms with Gasteiger partial charge in [0.15, 0.2) is 0 Å². The molecule has 0 aromatic carbocycles. The smallest absolute Gasteiger partial charge is 0.329 e. The van der Waals surface area contributed by atoms with Crippen LogP contribution in [0.15, 0.2) is 6.20 Å². The molecule has 98 valence electrons. The molecule has 2 rings (SSSR count). The number of hydrogen-bond donors (Lipinski definition) is 2. The molecule has 0 unspecified atom stereocenters. The first kappa shape index (κ1) is 12.5. The zero-order chi connectivity index (χ0) is 13.1. The molecule has 8 nitrogen and oxygen atoms in total. The van der Waals surface area contributed by atoms with E-state index in [1.54, 1.807) is 0 Å². The van der Waals surface area contributed by atoms with Crippen LogP contribution in [-0.4, -0.2) is 28.0 Å². The SMILES string of the molecule is CN(c1nc(NN)ncc1[N+](=O)[O-])C1CCCC1. The second-order valence-corrected chi connectivity index (χ2v) is 4.35. The fourth-order valence-corrected chi connectivity index (χ4v) is 2.29. The van der Waals surface area contributed by atoms with Crippen LogP contribution in [0.2, 0.25) is 0 Å². The summed E-state index contributed by atoms with van der Waals surface area (Å²) >= 11 is 0. The van der Waals surface area contributed by atoms with E-state index in [2.05, 4.69) is 15.4 Å². The highest BCUT2D eigenvalue weighted by atomic mass is 16.6. The minimum atomic E-state index is -0.471. The first-order chi connectivity index (χ1) is 8.63. The highest BCUT2D eigenvalue weighted by molar-refractivity contribution is 5.59. The number of nitrogens with zero attached hydrogens (tertiary/aromatic N) is 4. The molecular formula is C10H16N6O2. The van der Waals surface area contributed by atoms with E-state index in [9.17, 15) is 10.1 Å². The molecule has 1 saturated carbocycles. The molecule has 0 saturated heterocycles. The predicted octanol–water partition coefficient (Wildman–Crippen LogP) is 1.05. The number of nitro groups is 1. The molecule has 8 heteroatoms. The molecule has 1 aromatic heterocycles. The standard InChI is InChI=1S/C10H16N6O2/c1-15(7-4-2-3-5-7)9-8(16(17)18)6-12-10(13-9)14-11/h6-7H,2-5,11H2,1H3,(H,12,13,14). The molecule has 1 heterocycles. The van der Waals surface area contributed by atoms with Crippen LogP contribution in [0.3, 0.4) is 0 Å². The van der Waals surface area contributed by atoms with Gasteiger partial charge in [-0.25, -0.2) is 10.8 Å². The summed E-state index contributed by atoms with van der Waals surface area (Å²) in [6.45, 7) is 0. The van der Waals surface area contributed by atoms with Gasteiger partial charge in [0.1, 0.15) is 6.20 Å².